The Morgan fingerprint density at radius 1 is 0.741 bits per heavy atom. The molecule has 27 heavy (non-hydrogen) atoms. The van der Waals surface area contributed by atoms with Crippen molar-refractivity contribution in [3.63, 3.8) is 0 Å². The lowest BCUT2D eigenvalue weighted by Gasteiger charge is -1.99. The van der Waals surface area contributed by atoms with Gasteiger partial charge in [-0.3, -0.25) is 0 Å². The molecule has 3 aromatic heterocycles. The van der Waals surface area contributed by atoms with Crippen molar-refractivity contribution in [3.8, 4) is 0 Å². The van der Waals surface area contributed by atoms with Gasteiger partial charge in [0.2, 0.25) is 0 Å². The predicted molar refractivity (Wildman–Crippen MR) is 115 cm³/mol. The molecule has 2 N–H and O–H groups in total. The van der Waals surface area contributed by atoms with Crippen LogP contribution < -0.4 is 0 Å². The molecular formula is C22H18N4S. The average molecular weight is 370 g/mol. The summed E-state index contributed by atoms with van der Waals surface area (Å²) in [4.78, 5) is 17.6. The molecule has 0 atom stereocenters. The summed E-state index contributed by atoms with van der Waals surface area (Å²) in [6, 6.07) is 14.6. The first kappa shape index (κ1) is 16.1. The van der Waals surface area contributed by atoms with Crippen LogP contribution in [0.1, 0.15) is 29.7 Å². The normalized spacial score (nSPS) is 12.6. The Hall–Kier alpha value is -3.05. The van der Waals surface area contributed by atoms with E-state index in [1.807, 2.05) is 24.3 Å². The first-order chi connectivity index (χ1) is 13.3. The molecule has 0 saturated carbocycles. The third-order valence-corrected chi connectivity index (χ3v) is 5.47. The number of aromatic amines is 2. The SMILES string of the molecule is CCSc1c2nc(cc3nc(cc4ccc(cc5ccc1[nH]5)[nH]4)C=C3)C=C2. The van der Waals surface area contributed by atoms with E-state index >= 15 is 0 Å². The fourth-order valence-corrected chi connectivity index (χ4v) is 4.10. The number of hydrogen-bond donors (Lipinski definition) is 2. The fraction of sp³-hybridized carbons (Fsp3) is 0.0909. The Balaban J connectivity index is 1.86. The fourth-order valence-electron chi connectivity index (χ4n) is 3.28. The van der Waals surface area contributed by atoms with Crippen molar-refractivity contribution < 1.29 is 0 Å². The highest BCUT2D eigenvalue weighted by atomic mass is 32.2. The molecule has 5 rings (SSSR count). The van der Waals surface area contributed by atoms with E-state index in [0.29, 0.717) is 0 Å². The Kier molecular flexibility index (Phi) is 3.94. The van der Waals surface area contributed by atoms with E-state index in [4.69, 9.17) is 4.98 Å². The number of hydrogen-bond acceptors (Lipinski definition) is 3. The van der Waals surface area contributed by atoms with Gasteiger partial charge in [0.05, 0.1) is 33.2 Å². The number of aromatic nitrogens is 4. The van der Waals surface area contributed by atoms with Gasteiger partial charge in [-0.2, -0.15) is 0 Å². The van der Waals surface area contributed by atoms with Crippen LogP contribution in [-0.2, 0) is 0 Å². The van der Waals surface area contributed by atoms with Crippen molar-refractivity contribution in [2.75, 3.05) is 5.75 Å². The van der Waals surface area contributed by atoms with Gasteiger partial charge in [-0.1, -0.05) is 6.92 Å². The summed E-state index contributed by atoms with van der Waals surface area (Å²) >= 11 is 1.80. The van der Waals surface area contributed by atoms with Crippen LogP contribution in [0, 0.1) is 0 Å². The third kappa shape index (κ3) is 3.22. The molecule has 0 unspecified atom stereocenters. The largest absolute Gasteiger partial charge is 0.355 e. The van der Waals surface area contributed by atoms with Crippen molar-refractivity contribution in [1.29, 1.82) is 0 Å². The van der Waals surface area contributed by atoms with Crippen LogP contribution >= 0.6 is 11.8 Å². The minimum atomic E-state index is 0.920. The lowest BCUT2D eigenvalue weighted by atomic mass is 10.3. The van der Waals surface area contributed by atoms with Gasteiger partial charge >= 0.3 is 0 Å². The average Bonchev–Trinajstić information content (AvgIpc) is 3.43. The van der Waals surface area contributed by atoms with Gasteiger partial charge in [-0.15, -0.1) is 11.8 Å². The summed E-state index contributed by atoms with van der Waals surface area (Å²) in [5.41, 5.74) is 8.02. The van der Waals surface area contributed by atoms with Crippen LogP contribution in [0.15, 0.2) is 47.4 Å². The molecular weight excluding hydrogens is 352 g/mol. The van der Waals surface area contributed by atoms with Gasteiger partial charge in [0.25, 0.3) is 0 Å². The molecule has 4 nitrogen and oxygen atoms in total. The van der Waals surface area contributed by atoms with E-state index in [1.165, 1.54) is 4.90 Å². The van der Waals surface area contributed by atoms with Crippen LogP contribution in [0.5, 0.6) is 0 Å². The van der Waals surface area contributed by atoms with Crippen molar-refractivity contribution in [1.82, 2.24) is 19.9 Å². The zero-order chi connectivity index (χ0) is 18.2. The lowest BCUT2D eigenvalue weighted by Crippen LogP contribution is -1.83. The lowest BCUT2D eigenvalue weighted by molar-refractivity contribution is 1.23. The Bertz CT molecular complexity index is 1240. The third-order valence-electron chi connectivity index (χ3n) is 4.46. The van der Waals surface area contributed by atoms with Crippen molar-refractivity contribution in [3.05, 3.63) is 65.2 Å². The Morgan fingerprint density at radius 3 is 2.26 bits per heavy atom. The minimum Gasteiger partial charge on any atom is -0.355 e. The highest BCUT2D eigenvalue weighted by Crippen LogP contribution is 2.29. The second-order valence-electron chi connectivity index (χ2n) is 6.44. The molecule has 0 fully saturated rings. The molecule has 0 radical (unpaired) electrons. The van der Waals surface area contributed by atoms with Crippen LogP contribution in [0.4, 0.5) is 0 Å². The first-order valence-electron chi connectivity index (χ1n) is 8.97. The summed E-state index contributed by atoms with van der Waals surface area (Å²) in [7, 11) is 0. The summed E-state index contributed by atoms with van der Waals surface area (Å²) in [5, 5.41) is 0. The molecule has 0 saturated heterocycles. The maximum absolute atomic E-state index is 4.82. The molecule has 2 aliphatic rings. The van der Waals surface area contributed by atoms with E-state index in [0.717, 1.165) is 50.6 Å². The van der Waals surface area contributed by atoms with E-state index in [9.17, 15) is 0 Å². The van der Waals surface area contributed by atoms with Crippen LogP contribution in [-0.4, -0.2) is 25.7 Å². The zero-order valence-electron chi connectivity index (χ0n) is 14.9. The number of fused-ring (bicyclic) bond motifs is 8. The van der Waals surface area contributed by atoms with Gasteiger partial charge in [0.1, 0.15) is 0 Å². The zero-order valence-corrected chi connectivity index (χ0v) is 15.7. The van der Waals surface area contributed by atoms with Gasteiger partial charge in [0, 0.05) is 16.6 Å². The molecule has 8 bridgehead atoms. The standard InChI is InChI=1S/C22H18N4S/c1-2-27-22-20-9-7-18(25-20)12-16-5-3-14(23-16)11-15-4-6-17(24-15)13-19-8-10-21(22)26-19/h3-13,23,25H,2H2,1H3. The highest BCUT2D eigenvalue weighted by Gasteiger charge is 2.08. The molecule has 0 spiro atoms. The van der Waals surface area contributed by atoms with Crippen molar-refractivity contribution in [2.45, 2.75) is 11.8 Å². The van der Waals surface area contributed by atoms with Gasteiger partial charge < -0.3 is 9.97 Å². The molecule has 5 heterocycles. The summed E-state index contributed by atoms with van der Waals surface area (Å²) in [6.45, 7) is 2.16. The molecule has 5 heteroatoms. The summed E-state index contributed by atoms with van der Waals surface area (Å²) in [6.07, 6.45) is 8.18. The quantitative estimate of drug-likeness (QED) is 0.388. The maximum Gasteiger partial charge on any atom is 0.0794 e. The second-order valence-corrected chi connectivity index (χ2v) is 7.72. The monoisotopic (exact) mass is 370 g/mol. The molecule has 3 aromatic rings. The van der Waals surface area contributed by atoms with Crippen molar-refractivity contribution >= 4 is 58.1 Å². The summed E-state index contributed by atoms with van der Waals surface area (Å²) in [5.74, 6) is 0.989. The first-order valence-corrected chi connectivity index (χ1v) is 9.95. The van der Waals surface area contributed by atoms with Crippen LogP contribution in [0.2, 0.25) is 0 Å². The highest BCUT2D eigenvalue weighted by molar-refractivity contribution is 7.99. The number of rotatable bonds is 2. The van der Waals surface area contributed by atoms with Crippen LogP contribution in [0.3, 0.4) is 0 Å². The van der Waals surface area contributed by atoms with Crippen LogP contribution in [0.25, 0.3) is 46.4 Å². The van der Waals surface area contributed by atoms with E-state index in [-0.39, 0.29) is 0 Å². The summed E-state index contributed by atoms with van der Waals surface area (Å²) < 4.78 is 0. The molecule has 0 aromatic carbocycles. The number of nitrogens with zero attached hydrogens (tertiary/aromatic N) is 2. The van der Waals surface area contributed by atoms with Crippen molar-refractivity contribution in [2.24, 2.45) is 0 Å². The molecule has 2 aliphatic heterocycles. The molecule has 132 valence electrons. The van der Waals surface area contributed by atoms with E-state index < -0.39 is 0 Å². The smallest absolute Gasteiger partial charge is 0.0794 e. The topological polar surface area (TPSA) is 57.4 Å². The molecule has 0 amide bonds. The van der Waals surface area contributed by atoms with Gasteiger partial charge in [-0.25, -0.2) is 9.97 Å². The minimum absolute atomic E-state index is 0.920. The second kappa shape index (κ2) is 6.59. The number of thioether (sulfide) groups is 1. The number of H-pyrrole nitrogens is 2. The van der Waals surface area contributed by atoms with Gasteiger partial charge in [0.15, 0.2) is 0 Å². The molecule has 0 aliphatic carbocycles. The van der Waals surface area contributed by atoms with Gasteiger partial charge in [-0.05, 0) is 72.5 Å². The van der Waals surface area contributed by atoms with E-state index in [1.54, 1.807) is 11.8 Å². The van der Waals surface area contributed by atoms with E-state index in [2.05, 4.69) is 64.4 Å². The Morgan fingerprint density at radius 2 is 1.41 bits per heavy atom. The number of nitrogens with one attached hydrogen (secondary N) is 2. The maximum atomic E-state index is 4.82. The Labute approximate surface area is 161 Å². The predicted octanol–water partition coefficient (Wildman–Crippen LogP) is 5.77.